The summed E-state index contributed by atoms with van der Waals surface area (Å²) >= 11 is 5.93. The molecule has 5 nitrogen and oxygen atoms in total. The summed E-state index contributed by atoms with van der Waals surface area (Å²) in [5, 5.41) is 0.315. The number of nitrogens with zero attached hydrogens (tertiary/aromatic N) is 2. The monoisotopic (exact) mass is 267 g/mol. The van der Waals surface area contributed by atoms with E-state index < -0.39 is 5.41 Å². The van der Waals surface area contributed by atoms with E-state index in [4.69, 9.17) is 17.3 Å². The summed E-state index contributed by atoms with van der Waals surface area (Å²) < 4.78 is 0. The van der Waals surface area contributed by atoms with Crippen LogP contribution < -0.4 is 5.73 Å². The van der Waals surface area contributed by atoms with Gasteiger partial charge in [0.1, 0.15) is 0 Å². The standard InChI is InChI=1S/C12H14ClN3O2/c1-12(11(14)18)3-5-16(7-12)10(17)8-2-4-15-6-9(8)13/h2,4,6H,3,5,7H2,1H3,(H2,14,18). The summed E-state index contributed by atoms with van der Waals surface area (Å²) in [6.45, 7) is 2.62. The van der Waals surface area contributed by atoms with Gasteiger partial charge in [-0.05, 0) is 19.4 Å². The second kappa shape index (κ2) is 4.57. The van der Waals surface area contributed by atoms with Gasteiger partial charge in [-0.1, -0.05) is 11.6 Å². The molecule has 0 aromatic carbocycles. The van der Waals surface area contributed by atoms with Crippen molar-refractivity contribution in [1.82, 2.24) is 9.88 Å². The van der Waals surface area contributed by atoms with Gasteiger partial charge in [0.05, 0.1) is 16.0 Å². The van der Waals surface area contributed by atoms with Crippen LogP contribution in [0.25, 0.3) is 0 Å². The van der Waals surface area contributed by atoms with Gasteiger partial charge in [0.15, 0.2) is 0 Å². The highest BCUT2D eigenvalue weighted by atomic mass is 35.5. The summed E-state index contributed by atoms with van der Waals surface area (Å²) in [6, 6.07) is 1.57. The van der Waals surface area contributed by atoms with Crippen LogP contribution in [0.4, 0.5) is 0 Å². The number of hydrogen-bond acceptors (Lipinski definition) is 3. The maximum atomic E-state index is 12.2. The maximum Gasteiger partial charge on any atom is 0.255 e. The van der Waals surface area contributed by atoms with E-state index in [2.05, 4.69) is 4.98 Å². The topological polar surface area (TPSA) is 76.3 Å². The van der Waals surface area contributed by atoms with Gasteiger partial charge in [-0.15, -0.1) is 0 Å². The molecule has 2 amide bonds. The number of hydrogen-bond donors (Lipinski definition) is 1. The van der Waals surface area contributed by atoms with E-state index >= 15 is 0 Å². The van der Waals surface area contributed by atoms with Crippen LogP contribution in [0.2, 0.25) is 5.02 Å². The van der Waals surface area contributed by atoms with E-state index in [9.17, 15) is 9.59 Å². The molecule has 2 heterocycles. The number of nitrogens with two attached hydrogens (primary N) is 1. The Hall–Kier alpha value is -1.62. The van der Waals surface area contributed by atoms with Crippen LogP contribution in [0.15, 0.2) is 18.5 Å². The van der Waals surface area contributed by atoms with Crippen molar-refractivity contribution in [3.63, 3.8) is 0 Å². The Kier molecular flexibility index (Phi) is 3.26. The van der Waals surface area contributed by atoms with Crippen LogP contribution in [-0.2, 0) is 4.79 Å². The van der Waals surface area contributed by atoms with Crippen LogP contribution in [-0.4, -0.2) is 34.8 Å². The van der Waals surface area contributed by atoms with E-state index in [0.717, 1.165) is 0 Å². The molecule has 0 bridgehead atoms. The van der Waals surface area contributed by atoms with Gasteiger partial charge in [0.2, 0.25) is 5.91 Å². The van der Waals surface area contributed by atoms with Crippen molar-refractivity contribution in [3.05, 3.63) is 29.0 Å². The molecule has 1 saturated heterocycles. The fourth-order valence-corrected chi connectivity index (χ4v) is 2.25. The molecule has 0 aliphatic carbocycles. The maximum absolute atomic E-state index is 12.2. The molecule has 0 saturated carbocycles. The molecular formula is C12H14ClN3O2. The third-order valence-corrected chi connectivity index (χ3v) is 3.66. The fraction of sp³-hybridized carbons (Fsp3) is 0.417. The summed E-state index contributed by atoms with van der Waals surface area (Å²) in [6.07, 6.45) is 3.53. The molecule has 96 valence electrons. The quantitative estimate of drug-likeness (QED) is 0.871. The van der Waals surface area contributed by atoms with E-state index in [1.54, 1.807) is 17.9 Å². The highest BCUT2D eigenvalue weighted by Gasteiger charge is 2.41. The number of halogens is 1. The van der Waals surface area contributed by atoms with E-state index in [1.807, 2.05) is 0 Å². The first kappa shape index (κ1) is 12.8. The number of likely N-dealkylation sites (tertiary alicyclic amines) is 1. The molecule has 1 aliphatic heterocycles. The summed E-state index contributed by atoms with van der Waals surface area (Å²) in [5.74, 6) is -0.564. The summed E-state index contributed by atoms with van der Waals surface area (Å²) in [7, 11) is 0. The molecule has 6 heteroatoms. The molecule has 1 fully saturated rings. The lowest BCUT2D eigenvalue weighted by Crippen LogP contribution is -2.38. The van der Waals surface area contributed by atoms with Gasteiger partial charge in [-0.25, -0.2) is 0 Å². The van der Waals surface area contributed by atoms with Crippen LogP contribution in [0.5, 0.6) is 0 Å². The number of amides is 2. The molecule has 1 aliphatic rings. The van der Waals surface area contributed by atoms with Crippen molar-refractivity contribution in [1.29, 1.82) is 0 Å². The second-order valence-electron chi connectivity index (χ2n) is 4.76. The molecule has 2 rings (SSSR count). The third kappa shape index (κ3) is 2.18. The van der Waals surface area contributed by atoms with Gasteiger partial charge in [0, 0.05) is 25.5 Å². The van der Waals surface area contributed by atoms with Crippen molar-refractivity contribution >= 4 is 23.4 Å². The lowest BCUT2D eigenvalue weighted by Gasteiger charge is -2.21. The Labute approximate surface area is 110 Å². The molecule has 2 N–H and O–H groups in total. The van der Waals surface area contributed by atoms with Crippen molar-refractivity contribution in [2.75, 3.05) is 13.1 Å². The molecule has 1 atom stereocenters. The number of aromatic nitrogens is 1. The lowest BCUT2D eigenvalue weighted by molar-refractivity contribution is -0.126. The largest absolute Gasteiger partial charge is 0.369 e. The minimum atomic E-state index is -0.644. The Morgan fingerprint density at radius 2 is 2.28 bits per heavy atom. The molecule has 18 heavy (non-hydrogen) atoms. The zero-order chi connectivity index (χ0) is 13.3. The van der Waals surface area contributed by atoms with Crippen molar-refractivity contribution in [2.45, 2.75) is 13.3 Å². The van der Waals surface area contributed by atoms with Crippen LogP contribution in [0.1, 0.15) is 23.7 Å². The van der Waals surface area contributed by atoms with E-state index in [1.165, 1.54) is 12.4 Å². The first-order chi connectivity index (χ1) is 8.44. The van der Waals surface area contributed by atoms with Gasteiger partial charge in [-0.2, -0.15) is 0 Å². The summed E-state index contributed by atoms with van der Waals surface area (Å²) in [5.41, 5.74) is 5.11. The minimum Gasteiger partial charge on any atom is -0.369 e. The number of pyridine rings is 1. The normalized spacial score (nSPS) is 23.1. The number of carbonyl (C=O) groups excluding carboxylic acids is 2. The van der Waals surface area contributed by atoms with Crippen molar-refractivity contribution in [2.24, 2.45) is 11.1 Å². The first-order valence-corrected chi connectivity index (χ1v) is 6.00. The van der Waals surface area contributed by atoms with E-state index in [-0.39, 0.29) is 11.8 Å². The third-order valence-electron chi connectivity index (χ3n) is 3.36. The zero-order valence-corrected chi connectivity index (χ0v) is 10.8. The highest BCUT2D eigenvalue weighted by Crippen LogP contribution is 2.31. The zero-order valence-electron chi connectivity index (χ0n) is 10.0. The Bertz CT molecular complexity index is 506. The lowest BCUT2D eigenvalue weighted by atomic mass is 9.89. The molecule has 1 aromatic rings. The van der Waals surface area contributed by atoms with E-state index in [0.29, 0.717) is 30.1 Å². The predicted octanol–water partition coefficient (Wildman–Crippen LogP) is 1.07. The Morgan fingerprint density at radius 3 is 2.83 bits per heavy atom. The van der Waals surface area contributed by atoms with Crippen LogP contribution >= 0.6 is 11.6 Å². The highest BCUT2D eigenvalue weighted by molar-refractivity contribution is 6.33. The molecular weight excluding hydrogens is 254 g/mol. The van der Waals surface area contributed by atoms with Crippen LogP contribution in [0, 0.1) is 5.41 Å². The minimum absolute atomic E-state index is 0.188. The average Bonchev–Trinajstić information content (AvgIpc) is 2.73. The molecule has 1 unspecified atom stereocenters. The Morgan fingerprint density at radius 1 is 1.56 bits per heavy atom. The van der Waals surface area contributed by atoms with Gasteiger partial charge in [0.25, 0.3) is 5.91 Å². The average molecular weight is 268 g/mol. The summed E-state index contributed by atoms with van der Waals surface area (Å²) in [4.78, 5) is 29.0. The fourth-order valence-electron chi connectivity index (χ4n) is 2.05. The van der Waals surface area contributed by atoms with Crippen LogP contribution in [0.3, 0.4) is 0 Å². The predicted molar refractivity (Wildman–Crippen MR) is 67.1 cm³/mol. The molecule has 0 spiro atoms. The van der Waals surface area contributed by atoms with Crippen molar-refractivity contribution < 1.29 is 9.59 Å². The SMILES string of the molecule is CC1(C(N)=O)CCN(C(=O)c2ccncc2Cl)C1. The number of carbonyl (C=O) groups is 2. The van der Waals surface area contributed by atoms with Gasteiger partial charge >= 0.3 is 0 Å². The number of rotatable bonds is 2. The van der Waals surface area contributed by atoms with Gasteiger partial charge < -0.3 is 10.6 Å². The van der Waals surface area contributed by atoms with Gasteiger partial charge in [-0.3, -0.25) is 14.6 Å². The number of primary amides is 1. The molecule has 1 aromatic heterocycles. The second-order valence-corrected chi connectivity index (χ2v) is 5.16. The first-order valence-electron chi connectivity index (χ1n) is 5.63. The molecule has 0 radical (unpaired) electrons. The Balaban J connectivity index is 2.18. The smallest absolute Gasteiger partial charge is 0.255 e. The van der Waals surface area contributed by atoms with Crippen molar-refractivity contribution in [3.8, 4) is 0 Å².